The molecule has 0 aliphatic carbocycles. The molecule has 0 spiro atoms. The highest BCUT2D eigenvalue weighted by Gasteiger charge is 1.89. The van der Waals surface area contributed by atoms with Gasteiger partial charge in [-0.1, -0.05) is 62.2 Å². The molecule has 0 aliphatic rings. The zero-order valence-electron chi connectivity index (χ0n) is 9.93. The Labute approximate surface area is 103 Å². The minimum absolute atomic E-state index is 1.24. The molecule has 0 fully saturated rings. The molecule has 16 heavy (non-hydrogen) atoms. The Kier molecular flexibility index (Phi) is 7.44. The molecule has 1 heterocycles. The smallest absolute Gasteiger partial charge is 0.00934 e. The van der Waals surface area contributed by atoms with Crippen molar-refractivity contribution in [3.05, 3.63) is 58.8 Å². The third-order valence-electron chi connectivity index (χ3n) is 2.34. The molecule has 0 aliphatic heterocycles. The van der Waals surface area contributed by atoms with Crippen LogP contribution in [0.4, 0.5) is 0 Å². The molecule has 0 N–H and O–H groups in total. The second-order valence-corrected chi connectivity index (χ2v) is 4.55. The summed E-state index contributed by atoms with van der Waals surface area (Å²) < 4.78 is 0. The number of unbranched alkanes of at least 4 members (excludes halogenated alkanes) is 2. The molecule has 0 nitrogen and oxygen atoms in total. The highest BCUT2D eigenvalue weighted by atomic mass is 32.1. The summed E-state index contributed by atoms with van der Waals surface area (Å²) in [6.07, 6.45) is 5.25. The summed E-state index contributed by atoms with van der Waals surface area (Å²) in [5, 5.41) is 4.08. The number of hydrogen-bond donors (Lipinski definition) is 0. The Hall–Kier alpha value is -1.08. The number of thiophene rings is 1. The van der Waals surface area contributed by atoms with Gasteiger partial charge in [-0.05, 0) is 29.2 Å². The van der Waals surface area contributed by atoms with E-state index in [1.54, 1.807) is 11.3 Å². The van der Waals surface area contributed by atoms with Crippen molar-refractivity contribution in [1.82, 2.24) is 0 Å². The van der Waals surface area contributed by atoms with Crippen molar-refractivity contribution in [1.29, 1.82) is 0 Å². The molecule has 86 valence electrons. The zero-order chi connectivity index (χ0) is 11.5. The summed E-state index contributed by atoms with van der Waals surface area (Å²) in [6, 6.07) is 14.7. The quantitative estimate of drug-likeness (QED) is 0.638. The average molecular weight is 232 g/mol. The summed E-state index contributed by atoms with van der Waals surface area (Å²) >= 11 is 1.71. The fourth-order valence-electron chi connectivity index (χ4n) is 1.45. The molecule has 0 amide bonds. The molecule has 0 radical (unpaired) electrons. The predicted molar refractivity (Wildman–Crippen MR) is 74.0 cm³/mol. The highest BCUT2D eigenvalue weighted by molar-refractivity contribution is 7.07. The van der Waals surface area contributed by atoms with Crippen molar-refractivity contribution in [2.75, 3.05) is 0 Å². The van der Waals surface area contributed by atoms with Gasteiger partial charge in [0, 0.05) is 0 Å². The van der Waals surface area contributed by atoms with Crippen LogP contribution in [-0.4, -0.2) is 0 Å². The van der Waals surface area contributed by atoms with E-state index in [1.165, 1.54) is 31.2 Å². The van der Waals surface area contributed by atoms with E-state index < -0.39 is 0 Å². The van der Waals surface area contributed by atoms with Gasteiger partial charge in [0.25, 0.3) is 0 Å². The normalized spacial score (nSPS) is 9.31. The van der Waals surface area contributed by atoms with E-state index in [4.69, 9.17) is 0 Å². The fraction of sp³-hybridized carbons (Fsp3) is 0.333. The van der Waals surface area contributed by atoms with Crippen LogP contribution in [0.5, 0.6) is 0 Å². The maximum Gasteiger partial charge on any atom is -0.00934 e. The van der Waals surface area contributed by atoms with E-state index in [9.17, 15) is 0 Å². The van der Waals surface area contributed by atoms with Gasteiger partial charge in [-0.2, -0.15) is 11.3 Å². The number of hydrogen-bond acceptors (Lipinski definition) is 1. The van der Waals surface area contributed by atoms with E-state index in [1.807, 2.05) is 22.9 Å². The number of benzene rings is 1. The fourth-order valence-corrected chi connectivity index (χ4v) is 1.90. The second kappa shape index (κ2) is 9.17. The van der Waals surface area contributed by atoms with Crippen molar-refractivity contribution in [3.63, 3.8) is 0 Å². The van der Waals surface area contributed by atoms with Crippen LogP contribution in [0.1, 0.15) is 31.7 Å². The monoisotopic (exact) mass is 232 g/mol. The molecule has 2 aromatic rings. The lowest BCUT2D eigenvalue weighted by atomic mass is 10.1. The van der Waals surface area contributed by atoms with Gasteiger partial charge in [-0.3, -0.25) is 0 Å². The molecule has 0 saturated heterocycles. The van der Waals surface area contributed by atoms with Gasteiger partial charge in [0.1, 0.15) is 0 Å². The van der Waals surface area contributed by atoms with Gasteiger partial charge in [0.05, 0.1) is 0 Å². The molecule has 1 aromatic carbocycles. The van der Waals surface area contributed by atoms with Gasteiger partial charge in [-0.25, -0.2) is 0 Å². The number of rotatable bonds is 4. The first-order valence-corrected chi connectivity index (χ1v) is 6.89. The SMILES string of the molecule is CCCCCc1ccccc1.c1ccsc1. The average Bonchev–Trinajstić information content (AvgIpc) is 2.90. The minimum Gasteiger partial charge on any atom is -0.152 e. The van der Waals surface area contributed by atoms with E-state index in [2.05, 4.69) is 37.3 Å². The summed E-state index contributed by atoms with van der Waals surface area (Å²) in [6.45, 7) is 2.24. The Morgan fingerprint density at radius 3 is 2.06 bits per heavy atom. The van der Waals surface area contributed by atoms with E-state index >= 15 is 0 Å². The second-order valence-electron chi connectivity index (χ2n) is 3.74. The van der Waals surface area contributed by atoms with Crippen molar-refractivity contribution in [2.45, 2.75) is 32.6 Å². The van der Waals surface area contributed by atoms with Crippen LogP contribution in [0.15, 0.2) is 53.2 Å². The van der Waals surface area contributed by atoms with Gasteiger partial charge in [0.2, 0.25) is 0 Å². The molecule has 2 rings (SSSR count). The van der Waals surface area contributed by atoms with E-state index in [0.29, 0.717) is 0 Å². The van der Waals surface area contributed by atoms with Crippen molar-refractivity contribution in [2.24, 2.45) is 0 Å². The first kappa shape index (κ1) is 13.0. The summed E-state index contributed by atoms with van der Waals surface area (Å²) in [4.78, 5) is 0. The summed E-state index contributed by atoms with van der Waals surface area (Å²) in [5.41, 5.74) is 1.47. The van der Waals surface area contributed by atoms with E-state index in [-0.39, 0.29) is 0 Å². The highest BCUT2D eigenvalue weighted by Crippen LogP contribution is 2.05. The largest absolute Gasteiger partial charge is 0.152 e. The predicted octanol–water partition coefficient (Wildman–Crippen LogP) is 5.17. The van der Waals surface area contributed by atoms with Crippen molar-refractivity contribution < 1.29 is 0 Å². The Morgan fingerprint density at radius 2 is 1.56 bits per heavy atom. The van der Waals surface area contributed by atoms with Crippen LogP contribution >= 0.6 is 11.3 Å². The van der Waals surface area contributed by atoms with Gasteiger partial charge in [-0.15, -0.1) is 0 Å². The summed E-state index contributed by atoms with van der Waals surface area (Å²) in [7, 11) is 0. The van der Waals surface area contributed by atoms with Gasteiger partial charge < -0.3 is 0 Å². The van der Waals surface area contributed by atoms with Crippen LogP contribution in [-0.2, 0) is 6.42 Å². The van der Waals surface area contributed by atoms with E-state index in [0.717, 1.165) is 0 Å². The first-order valence-electron chi connectivity index (χ1n) is 5.94. The molecule has 0 saturated carbocycles. The lowest BCUT2D eigenvalue weighted by Gasteiger charge is -1.98. The third kappa shape index (κ3) is 6.41. The molecule has 0 atom stereocenters. The molecule has 1 heteroatoms. The molecular formula is C15H20S. The molecule has 0 unspecified atom stereocenters. The maximum atomic E-state index is 2.24. The van der Waals surface area contributed by atoms with Crippen LogP contribution in [0.3, 0.4) is 0 Å². The Balaban J connectivity index is 0.000000212. The topological polar surface area (TPSA) is 0 Å². The summed E-state index contributed by atoms with van der Waals surface area (Å²) in [5.74, 6) is 0. The van der Waals surface area contributed by atoms with Gasteiger partial charge >= 0.3 is 0 Å². The van der Waals surface area contributed by atoms with Crippen LogP contribution < -0.4 is 0 Å². The van der Waals surface area contributed by atoms with Crippen molar-refractivity contribution in [3.8, 4) is 0 Å². The maximum absolute atomic E-state index is 2.24. The number of aryl methyl sites for hydroxylation is 1. The molecular weight excluding hydrogens is 212 g/mol. The van der Waals surface area contributed by atoms with Crippen LogP contribution in [0.2, 0.25) is 0 Å². The van der Waals surface area contributed by atoms with Crippen molar-refractivity contribution >= 4 is 11.3 Å². The lowest BCUT2D eigenvalue weighted by Crippen LogP contribution is -1.83. The zero-order valence-corrected chi connectivity index (χ0v) is 10.7. The molecule has 0 bridgehead atoms. The third-order valence-corrected chi connectivity index (χ3v) is 2.97. The first-order chi connectivity index (χ1) is 7.93. The van der Waals surface area contributed by atoms with Crippen LogP contribution in [0.25, 0.3) is 0 Å². The minimum atomic E-state index is 1.24. The molecule has 1 aromatic heterocycles. The standard InChI is InChI=1S/C11H16.C4H4S/c1-2-3-5-8-11-9-6-4-7-10-11;1-2-4-5-3-1/h4,6-7,9-10H,2-3,5,8H2,1H3;1-4H. The van der Waals surface area contributed by atoms with Crippen LogP contribution in [0, 0.1) is 0 Å². The lowest BCUT2D eigenvalue weighted by molar-refractivity contribution is 0.717. The Morgan fingerprint density at radius 1 is 0.875 bits per heavy atom. The Bertz CT molecular complexity index is 306. The van der Waals surface area contributed by atoms with Gasteiger partial charge in [0.15, 0.2) is 0 Å².